The van der Waals surface area contributed by atoms with Crippen LogP contribution in [-0.4, -0.2) is 49.3 Å². The summed E-state index contributed by atoms with van der Waals surface area (Å²) in [6.07, 6.45) is 99.3. The number of phosphoric acid groups is 1. The molecule has 0 heterocycles. The van der Waals surface area contributed by atoms with Gasteiger partial charge in [-0.05, 0) is 103 Å². The van der Waals surface area contributed by atoms with E-state index in [0.717, 1.165) is 83.5 Å². The lowest BCUT2D eigenvalue weighted by Gasteiger charge is -2.19. The SMILES string of the molecule is CC/C=C\C/C=C\C/C=C\C/C=C\C/C=C\C/C=C\C/C=C\C/C=C\CCCCC(=O)OC(COC(=O)CCCCCCCCCCCCCCCCCCCCCCCCCCCCC/C=C\CCCCCCCCCC)COP(=O)(O)OCCN. The maximum atomic E-state index is 12.7. The molecular weight excluding hydrogens is 1100 g/mol. The average molecular weight is 1230 g/mol. The summed E-state index contributed by atoms with van der Waals surface area (Å²) in [5, 5.41) is 0. The maximum Gasteiger partial charge on any atom is 0.472 e. The maximum absolute atomic E-state index is 12.7. The number of ether oxygens (including phenoxy) is 2. The van der Waals surface area contributed by atoms with E-state index in [1.807, 2.05) is 0 Å². The highest BCUT2D eigenvalue weighted by Gasteiger charge is 2.26. The minimum atomic E-state index is -4.41. The Hall–Kier alpha value is -3.33. The Balaban J connectivity index is 3.87. The first-order valence-corrected chi connectivity index (χ1v) is 37.9. The minimum absolute atomic E-state index is 0.0418. The van der Waals surface area contributed by atoms with Gasteiger partial charge < -0.3 is 20.1 Å². The van der Waals surface area contributed by atoms with E-state index in [2.05, 4.69) is 123 Å². The summed E-state index contributed by atoms with van der Waals surface area (Å²) in [5.74, 6) is -0.874. The fourth-order valence-corrected chi connectivity index (χ4v) is 11.1. The van der Waals surface area contributed by atoms with Gasteiger partial charge in [-0.2, -0.15) is 0 Å². The minimum Gasteiger partial charge on any atom is -0.462 e. The standard InChI is InChI=1S/C77H136NO8P/c1-3-5-7-9-11-13-15-17-19-21-23-25-27-29-31-32-33-34-35-36-37-38-39-40-41-42-44-45-47-49-51-53-55-57-59-61-63-65-67-69-76(79)83-73-75(74-85-87(81,82)84-72-71-78)86-77(80)70-68-66-64-62-60-58-56-54-52-50-48-46-43-30-28-26-24-22-20-18-16-14-12-10-8-6-4-2/h6,8,12,14,18,20-21,23-24,26,30,43,48,50,54,56,60,62,75H,3-5,7,9-11,13,15-17,19,22,25,27-29,31-42,44-47,49,51-53,55,57-59,61,63-74,78H2,1-2H3,(H,81,82)/b8-6-,14-12-,20-18-,23-21-,26-24-,43-30-,50-48-,56-54-,62-60-. The van der Waals surface area contributed by atoms with Crippen LogP contribution in [0.5, 0.6) is 0 Å². The summed E-state index contributed by atoms with van der Waals surface area (Å²) in [5.41, 5.74) is 5.40. The van der Waals surface area contributed by atoms with E-state index >= 15 is 0 Å². The van der Waals surface area contributed by atoms with Gasteiger partial charge >= 0.3 is 19.8 Å². The molecule has 0 saturated heterocycles. The third kappa shape index (κ3) is 71.6. The molecule has 0 bridgehead atoms. The molecule has 502 valence electrons. The predicted octanol–water partition coefficient (Wildman–Crippen LogP) is 24.1. The summed E-state index contributed by atoms with van der Waals surface area (Å²) in [7, 11) is -4.41. The largest absolute Gasteiger partial charge is 0.472 e. The Morgan fingerprint density at radius 1 is 0.356 bits per heavy atom. The summed E-state index contributed by atoms with van der Waals surface area (Å²) >= 11 is 0. The van der Waals surface area contributed by atoms with Gasteiger partial charge in [-0.15, -0.1) is 0 Å². The Morgan fingerprint density at radius 2 is 0.632 bits per heavy atom. The van der Waals surface area contributed by atoms with Gasteiger partial charge in [0.1, 0.15) is 6.61 Å². The Morgan fingerprint density at radius 3 is 0.977 bits per heavy atom. The highest BCUT2D eigenvalue weighted by atomic mass is 31.2. The molecule has 10 heteroatoms. The summed E-state index contributed by atoms with van der Waals surface area (Å²) in [6, 6.07) is 0. The summed E-state index contributed by atoms with van der Waals surface area (Å²) in [4.78, 5) is 35.3. The van der Waals surface area contributed by atoms with Crippen LogP contribution in [0, 0.1) is 0 Å². The second kappa shape index (κ2) is 71.7. The Bertz CT molecular complexity index is 1800. The van der Waals surface area contributed by atoms with Crippen molar-refractivity contribution in [3.63, 3.8) is 0 Å². The molecule has 0 rings (SSSR count). The van der Waals surface area contributed by atoms with E-state index in [-0.39, 0.29) is 32.6 Å². The lowest BCUT2D eigenvalue weighted by molar-refractivity contribution is -0.161. The second-order valence-corrected chi connectivity index (χ2v) is 25.5. The number of allylic oxidation sites excluding steroid dienone is 18. The van der Waals surface area contributed by atoms with Crippen molar-refractivity contribution in [2.75, 3.05) is 26.4 Å². The van der Waals surface area contributed by atoms with E-state index in [0.29, 0.717) is 6.42 Å². The van der Waals surface area contributed by atoms with Gasteiger partial charge in [0, 0.05) is 19.4 Å². The second-order valence-electron chi connectivity index (χ2n) is 24.1. The molecule has 0 aromatic heterocycles. The molecule has 0 aliphatic carbocycles. The van der Waals surface area contributed by atoms with Crippen molar-refractivity contribution < 1.29 is 37.6 Å². The van der Waals surface area contributed by atoms with Crippen LogP contribution in [0.4, 0.5) is 0 Å². The molecule has 0 saturated carbocycles. The molecule has 0 aliphatic rings. The van der Waals surface area contributed by atoms with Crippen molar-refractivity contribution >= 4 is 19.8 Å². The molecule has 0 radical (unpaired) electrons. The zero-order valence-electron chi connectivity index (χ0n) is 56.5. The predicted molar refractivity (Wildman–Crippen MR) is 376 cm³/mol. The van der Waals surface area contributed by atoms with Gasteiger partial charge in [0.2, 0.25) is 0 Å². The van der Waals surface area contributed by atoms with Crippen LogP contribution < -0.4 is 5.73 Å². The van der Waals surface area contributed by atoms with Gasteiger partial charge in [-0.1, -0.05) is 329 Å². The van der Waals surface area contributed by atoms with Gasteiger partial charge in [0.05, 0.1) is 13.2 Å². The van der Waals surface area contributed by atoms with E-state index in [4.69, 9.17) is 24.3 Å². The number of hydrogen-bond acceptors (Lipinski definition) is 8. The third-order valence-corrected chi connectivity index (χ3v) is 16.6. The first-order chi connectivity index (χ1) is 42.8. The number of rotatable bonds is 68. The lowest BCUT2D eigenvalue weighted by Crippen LogP contribution is -2.29. The van der Waals surface area contributed by atoms with Crippen molar-refractivity contribution in [3.05, 3.63) is 109 Å². The smallest absolute Gasteiger partial charge is 0.462 e. The topological polar surface area (TPSA) is 134 Å². The van der Waals surface area contributed by atoms with Crippen molar-refractivity contribution in [1.82, 2.24) is 0 Å². The zero-order valence-corrected chi connectivity index (χ0v) is 57.4. The molecular formula is C77H136NO8P. The van der Waals surface area contributed by atoms with E-state index in [1.54, 1.807) is 0 Å². The van der Waals surface area contributed by atoms with Crippen LogP contribution in [0.3, 0.4) is 0 Å². The quantitative estimate of drug-likeness (QED) is 0.0264. The third-order valence-electron chi connectivity index (χ3n) is 15.6. The number of phosphoric ester groups is 1. The molecule has 87 heavy (non-hydrogen) atoms. The van der Waals surface area contributed by atoms with Crippen LogP contribution >= 0.6 is 7.82 Å². The van der Waals surface area contributed by atoms with Gasteiger partial charge in [-0.3, -0.25) is 18.6 Å². The fraction of sp³-hybridized carbons (Fsp3) is 0.740. The molecule has 0 aromatic carbocycles. The first kappa shape index (κ1) is 83.7. The fourth-order valence-electron chi connectivity index (χ4n) is 10.3. The lowest BCUT2D eigenvalue weighted by atomic mass is 10.0. The van der Waals surface area contributed by atoms with Gasteiger partial charge in [0.25, 0.3) is 0 Å². The zero-order chi connectivity index (χ0) is 63.0. The summed E-state index contributed by atoms with van der Waals surface area (Å²) < 4.78 is 33.1. The number of hydrogen-bond donors (Lipinski definition) is 2. The monoisotopic (exact) mass is 1230 g/mol. The molecule has 0 aliphatic heterocycles. The molecule has 3 N–H and O–H groups in total. The molecule has 2 atom stereocenters. The van der Waals surface area contributed by atoms with Gasteiger partial charge in [0.15, 0.2) is 6.10 Å². The molecule has 0 aromatic rings. The molecule has 0 spiro atoms. The van der Waals surface area contributed by atoms with Crippen LogP contribution in [0.25, 0.3) is 0 Å². The van der Waals surface area contributed by atoms with E-state index in [1.165, 1.54) is 218 Å². The van der Waals surface area contributed by atoms with Gasteiger partial charge in [-0.25, -0.2) is 4.57 Å². The first-order valence-electron chi connectivity index (χ1n) is 36.4. The van der Waals surface area contributed by atoms with E-state index in [9.17, 15) is 19.0 Å². The molecule has 0 fully saturated rings. The van der Waals surface area contributed by atoms with Crippen molar-refractivity contribution in [3.8, 4) is 0 Å². The summed E-state index contributed by atoms with van der Waals surface area (Å²) in [6.45, 7) is 3.61. The number of unbranched alkanes of at least 4 members (excludes halogenated alkanes) is 37. The molecule has 9 nitrogen and oxygen atoms in total. The molecule has 2 unspecified atom stereocenters. The highest BCUT2D eigenvalue weighted by Crippen LogP contribution is 2.43. The number of esters is 2. The van der Waals surface area contributed by atoms with Crippen molar-refractivity contribution in [2.24, 2.45) is 5.73 Å². The highest BCUT2D eigenvalue weighted by molar-refractivity contribution is 7.47. The Kier molecular flexibility index (Phi) is 69.0. The van der Waals surface area contributed by atoms with Crippen LogP contribution in [0.15, 0.2) is 109 Å². The Labute approximate surface area is 537 Å². The van der Waals surface area contributed by atoms with Crippen molar-refractivity contribution in [2.45, 2.75) is 341 Å². The van der Waals surface area contributed by atoms with Crippen molar-refractivity contribution in [1.29, 1.82) is 0 Å². The number of carbonyl (C=O) groups is 2. The van der Waals surface area contributed by atoms with E-state index < -0.39 is 32.5 Å². The molecule has 0 amide bonds. The number of carbonyl (C=O) groups excluding carboxylic acids is 2. The van der Waals surface area contributed by atoms with Crippen LogP contribution in [0.2, 0.25) is 0 Å². The average Bonchev–Trinajstić information content (AvgIpc) is 3.62. The normalized spacial score (nSPS) is 13.6. The van der Waals surface area contributed by atoms with Crippen LogP contribution in [-0.2, 0) is 32.7 Å². The van der Waals surface area contributed by atoms with Crippen LogP contribution in [0.1, 0.15) is 335 Å². The number of nitrogens with two attached hydrogens (primary N) is 1.